The zero-order valence-electron chi connectivity index (χ0n) is 22.2. The highest BCUT2D eigenvalue weighted by atomic mass is 16.3. The van der Waals surface area contributed by atoms with Gasteiger partial charge >= 0.3 is 5.69 Å². The van der Waals surface area contributed by atoms with E-state index < -0.39 is 17.3 Å². The SMILES string of the molecule is CC.CC.O=c1c(C2NCCc3c2[nH]c2ccccc32)c(O)n(-c2ccccc2)c(=O)n1-c1ccccc1. The average molecular weight is 511 g/mol. The molecule has 0 saturated carbocycles. The quantitative estimate of drug-likeness (QED) is 0.300. The van der Waals surface area contributed by atoms with Crippen molar-refractivity contribution in [3.63, 3.8) is 0 Å². The largest absolute Gasteiger partial charge is 0.494 e. The molecule has 5 aromatic rings. The smallest absolute Gasteiger partial charge is 0.343 e. The van der Waals surface area contributed by atoms with E-state index in [2.05, 4.69) is 16.4 Å². The molecule has 3 heterocycles. The molecule has 38 heavy (non-hydrogen) atoms. The number of para-hydroxylation sites is 3. The van der Waals surface area contributed by atoms with Gasteiger partial charge in [-0.3, -0.25) is 4.79 Å². The third kappa shape index (κ3) is 4.57. The highest BCUT2D eigenvalue weighted by Crippen LogP contribution is 2.35. The van der Waals surface area contributed by atoms with Gasteiger partial charge in [0, 0.05) is 23.1 Å². The first-order chi connectivity index (χ1) is 18.6. The average Bonchev–Trinajstić information content (AvgIpc) is 3.36. The molecule has 196 valence electrons. The zero-order chi connectivity index (χ0) is 27.2. The Morgan fingerprint density at radius 1 is 0.763 bits per heavy atom. The summed E-state index contributed by atoms with van der Waals surface area (Å²) in [6, 6.07) is 25.1. The Bertz CT molecular complexity index is 1630. The van der Waals surface area contributed by atoms with E-state index in [1.807, 2.05) is 58.0 Å². The maximum absolute atomic E-state index is 13.9. The van der Waals surface area contributed by atoms with Crippen LogP contribution in [0.15, 0.2) is 94.5 Å². The molecular formula is C31H34N4O3. The molecule has 1 atom stereocenters. The van der Waals surface area contributed by atoms with Gasteiger partial charge in [-0.2, -0.15) is 0 Å². The Balaban J connectivity index is 0.000000804. The number of aromatic nitrogens is 3. The molecule has 6 rings (SSSR count). The normalized spacial score (nSPS) is 14.1. The second-order valence-corrected chi connectivity index (χ2v) is 8.37. The van der Waals surface area contributed by atoms with Gasteiger partial charge in [0.1, 0.15) is 5.56 Å². The lowest BCUT2D eigenvalue weighted by molar-refractivity contribution is 0.406. The van der Waals surface area contributed by atoms with Gasteiger partial charge < -0.3 is 15.4 Å². The van der Waals surface area contributed by atoms with E-state index in [-0.39, 0.29) is 11.4 Å². The Labute approximate surface area is 222 Å². The van der Waals surface area contributed by atoms with E-state index in [0.717, 1.165) is 33.1 Å². The van der Waals surface area contributed by atoms with Crippen LogP contribution in [0.2, 0.25) is 0 Å². The zero-order valence-corrected chi connectivity index (χ0v) is 22.2. The van der Waals surface area contributed by atoms with E-state index >= 15 is 0 Å². The fourth-order valence-electron chi connectivity index (χ4n) is 4.91. The van der Waals surface area contributed by atoms with Gasteiger partial charge in [0.15, 0.2) is 0 Å². The van der Waals surface area contributed by atoms with Crippen molar-refractivity contribution in [1.82, 2.24) is 19.4 Å². The maximum Gasteiger partial charge on any atom is 0.343 e. The van der Waals surface area contributed by atoms with Crippen LogP contribution in [0.3, 0.4) is 0 Å². The second-order valence-electron chi connectivity index (χ2n) is 8.37. The molecule has 0 amide bonds. The van der Waals surface area contributed by atoms with Crippen LogP contribution in [0.1, 0.15) is 50.6 Å². The van der Waals surface area contributed by atoms with Gasteiger partial charge in [0.2, 0.25) is 5.88 Å². The summed E-state index contributed by atoms with van der Waals surface area (Å²) < 4.78 is 2.32. The summed E-state index contributed by atoms with van der Waals surface area (Å²) in [6.07, 6.45) is 0.793. The molecule has 0 bridgehead atoms. The van der Waals surface area contributed by atoms with Gasteiger partial charge in [-0.1, -0.05) is 82.3 Å². The standard InChI is InChI=1S/C27H22N4O3.2C2H6/c32-25-22(24-23-20(15-16-28-24)19-13-7-8-14-21(19)29-23)26(33)31(18-11-5-2-6-12-18)27(34)30(25)17-9-3-1-4-10-17;2*1-2/h1-14,24,28-29,32H,15-16H2;2*1-2H3. The van der Waals surface area contributed by atoms with Crippen LogP contribution in [-0.4, -0.2) is 25.8 Å². The summed E-state index contributed by atoms with van der Waals surface area (Å²) in [6.45, 7) is 8.63. The van der Waals surface area contributed by atoms with Crippen molar-refractivity contribution in [3.05, 3.63) is 123 Å². The number of H-pyrrole nitrogens is 1. The number of aromatic amines is 1. The first-order valence-corrected chi connectivity index (χ1v) is 13.2. The number of nitrogens with one attached hydrogen (secondary N) is 2. The number of benzene rings is 3. The van der Waals surface area contributed by atoms with Crippen molar-refractivity contribution in [2.24, 2.45) is 0 Å². The van der Waals surface area contributed by atoms with E-state index in [4.69, 9.17) is 0 Å². The monoisotopic (exact) mass is 510 g/mol. The van der Waals surface area contributed by atoms with Gasteiger partial charge in [-0.15, -0.1) is 0 Å². The molecule has 7 heteroatoms. The Morgan fingerprint density at radius 3 is 1.95 bits per heavy atom. The van der Waals surface area contributed by atoms with Crippen LogP contribution in [-0.2, 0) is 6.42 Å². The summed E-state index contributed by atoms with van der Waals surface area (Å²) in [5, 5.41) is 15.9. The molecular weight excluding hydrogens is 476 g/mol. The van der Waals surface area contributed by atoms with Crippen LogP contribution in [0, 0.1) is 0 Å². The third-order valence-electron chi connectivity index (χ3n) is 6.45. The molecule has 2 aromatic heterocycles. The van der Waals surface area contributed by atoms with Crippen molar-refractivity contribution < 1.29 is 5.11 Å². The predicted octanol–water partition coefficient (Wildman–Crippen LogP) is 5.46. The number of nitrogens with zero attached hydrogens (tertiary/aromatic N) is 2. The summed E-state index contributed by atoms with van der Waals surface area (Å²) in [5.74, 6) is -0.364. The number of aromatic hydroxyl groups is 1. The van der Waals surface area contributed by atoms with Crippen molar-refractivity contribution in [3.8, 4) is 17.3 Å². The molecule has 0 saturated heterocycles. The second kappa shape index (κ2) is 11.8. The molecule has 3 N–H and O–H groups in total. The Hall–Kier alpha value is -4.36. The minimum absolute atomic E-state index is 0.125. The van der Waals surface area contributed by atoms with Crippen LogP contribution < -0.4 is 16.6 Å². The summed E-state index contributed by atoms with van der Waals surface area (Å²) in [7, 11) is 0. The van der Waals surface area contributed by atoms with Crippen LogP contribution in [0.5, 0.6) is 5.88 Å². The van der Waals surface area contributed by atoms with E-state index in [0.29, 0.717) is 17.9 Å². The molecule has 0 spiro atoms. The minimum atomic E-state index is -0.628. The Morgan fingerprint density at radius 2 is 1.32 bits per heavy atom. The summed E-state index contributed by atoms with van der Waals surface area (Å²) in [5.41, 5.74) is 2.78. The minimum Gasteiger partial charge on any atom is -0.494 e. The summed E-state index contributed by atoms with van der Waals surface area (Å²) in [4.78, 5) is 30.9. The van der Waals surface area contributed by atoms with Crippen molar-refractivity contribution in [2.75, 3.05) is 6.54 Å². The molecule has 1 aliphatic heterocycles. The highest BCUT2D eigenvalue weighted by molar-refractivity contribution is 5.85. The molecule has 7 nitrogen and oxygen atoms in total. The van der Waals surface area contributed by atoms with Gasteiger partial charge in [0.05, 0.1) is 17.4 Å². The lowest BCUT2D eigenvalue weighted by Crippen LogP contribution is -2.43. The van der Waals surface area contributed by atoms with E-state index in [1.165, 1.54) is 4.57 Å². The topological polar surface area (TPSA) is 92.1 Å². The number of hydrogen-bond acceptors (Lipinski definition) is 4. The lowest BCUT2D eigenvalue weighted by Gasteiger charge is -2.26. The first-order valence-electron chi connectivity index (χ1n) is 13.2. The molecule has 3 aromatic carbocycles. The molecule has 0 radical (unpaired) electrons. The number of fused-ring (bicyclic) bond motifs is 3. The van der Waals surface area contributed by atoms with Gasteiger partial charge in [-0.05, 0) is 42.3 Å². The molecule has 0 aliphatic carbocycles. The van der Waals surface area contributed by atoms with E-state index in [9.17, 15) is 14.7 Å². The van der Waals surface area contributed by atoms with Crippen molar-refractivity contribution >= 4 is 10.9 Å². The van der Waals surface area contributed by atoms with Crippen molar-refractivity contribution in [1.29, 1.82) is 0 Å². The molecule has 1 unspecified atom stereocenters. The van der Waals surface area contributed by atoms with Crippen molar-refractivity contribution in [2.45, 2.75) is 40.2 Å². The fraction of sp³-hybridized carbons (Fsp3) is 0.226. The maximum atomic E-state index is 13.9. The Kier molecular flexibility index (Phi) is 8.28. The third-order valence-corrected chi connectivity index (χ3v) is 6.45. The predicted molar refractivity (Wildman–Crippen MR) is 154 cm³/mol. The van der Waals surface area contributed by atoms with Gasteiger partial charge in [-0.25, -0.2) is 13.9 Å². The summed E-state index contributed by atoms with van der Waals surface area (Å²) >= 11 is 0. The number of hydrogen-bond donors (Lipinski definition) is 3. The lowest BCUT2D eigenvalue weighted by atomic mass is 9.95. The highest BCUT2D eigenvalue weighted by Gasteiger charge is 2.32. The van der Waals surface area contributed by atoms with Crippen LogP contribution in [0.25, 0.3) is 22.3 Å². The van der Waals surface area contributed by atoms with Gasteiger partial charge in [0.25, 0.3) is 5.56 Å². The van der Waals surface area contributed by atoms with Crippen LogP contribution >= 0.6 is 0 Å². The molecule has 1 aliphatic rings. The van der Waals surface area contributed by atoms with Crippen LogP contribution in [0.4, 0.5) is 0 Å². The first kappa shape index (κ1) is 26.7. The van der Waals surface area contributed by atoms with E-state index in [1.54, 1.807) is 48.5 Å². The number of rotatable bonds is 3. The molecule has 0 fully saturated rings. The fourth-order valence-corrected chi connectivity index (χ4v) is 4.91.